The van der Waals surface area contributed by atoms with Crippen LogP contribution in [0.3, 0.4) is 0 Å². The van der Waals surface area contributed by atoms with Crippen molar-refractivity contribution < 1.29 is 4.74 Å². The molecular weight excluding hydrogens is 258 g/mol. The molecule has 0 saturated carbocycles. The molecule has 0 amide bonds. The summed E-state index contributed by atoms with van der Waals surface area (Å²) in [5.74, 6) is 0.384. The molecule has 102 valence electrons. The van der Waals surface area contributed by atoms with Crippen LogP contribution in [0, 0.1) is 0 Å². The molecule has 1 atom stereocenters. The molecule has 0 spiro atoms. The molecule has 5 heteroatoms. The number of ether oxygens (including phenoxy) is 1. The van der Waals surface area contributed by atoms with Gasteiger partial charge in [-0.2, -0.15) is 5.10 Å². The summed E-state index contributed by atoms with van der Waals surface area (Å²) in [6.07, 6.45) is 2.14. The molecule has 0 saturated heterocycles. The highest BCUT2D eigenvalue weighted by Crippen LogP contribution is 2.28. The largest absolute Gasteiger partial charge is 0.384 e. The lowest BCUT2D eigenvalue weighted by Gasteiger charge is -2.31. The van der Waals surface area contributed by atoms with E-state index < -0.39 is 0 Å². The molecule has 0 N–H and O–H groups in total. The first kappa shape index (κ1) is 12.8. The summed E-state index contributed by atoms with van der Waals surface area (Å²) in [5.41, 5.74) is 2.55. The van der Waals surface area contributed by atoms with Gasteiger partial charge in [0.25, 0.3) is 0 Å². The summed E-state index contributed by atoms with van der Waals surface area (Å²) in [6, 6.07) is 4.32. The van der Waals surface area contributed by atoms with Crippen LogP contribution in [0.15, 0.2) is 23.7 Å². The Morgan fingerprint density at radius 3 is 3.16 bits per heavy atom. The van der Waals surface area contributed by atoms with E-state index in [1.807, 2.05) is 23.1 Å². The number of methoxy groups -OCH3 is 1. The van der Waals surface area contributed by atoms with Gasteiger partial charge in [-0.25, -0.2) is 0 Å². The average Bonchev–Trinajstić information content (AvgIpc) is 2.98. The summed E-state index contributed by atoms with van der Waals surface area (Å²) in [6.45, 7) is 3.77. The van der Waals surface area contributed by atoms with E-state index in [9.17, 15) is 0 Å². The lowest BCUT2D eigenvalue weighted by molar-refractivity contribution is 0.135. The molecular formula is C14H19N3OS. The second-order valence-electron chi connectivity index (χ2n) is 5.11. The molecule has 19 heavy (non-hydrogen) atoms. The Labute approximate surface area is 117 Å². The molecule has 0 unspecified atom stereocenters. The van der Waals surface area contributed by atoms with E-state index in [4.69, 9.17) is 4.74 Å². The number of nitrogens with zero attached hydrogens (tertiary/aromatic N) is 3. The van der Waals surface area contributed by atoms with E-state index in [1.165, 1.54) is 16.1 Å². The maximum absolute atomic E-state index is 5.36. The lowest BCUT2D eigenvalue weighted by atomic mass is 9.97. The zero-order valence-electron chi connectivity index (χ0n) is 11.4. The monoisotopic (exact) mass is 277 g/mol. The van der Waals surface area contributed by atoms with E-state index in [2.05, 4.69) is 33.7 Å². The smallest absolute Gasteiger partial charge is 0.0736 e. The third-order valence-electron chi connectivity index (χ3n) is 3.52. The minimum absolute atomic E-state index is 0.384. The fraction of sp³-hybridized carbons (Fsp3) is 0.500. The molecule has 3 rings (SSSR count). The van der Waals surface area contributed by atoms with Gasteiger partial charge in [-0.15, -0.1) is 11.3 Å². The van der Waals surface area contributed by atoms with Gasteiger partial charge >= 0.3 is 0 Å². The van der Waals surface area contributed by atoms with Crippen LogP contribution in [0.4, 0.5) is 0 Å². The molecule has 2 aromatic heterocycles. The van der Waals surface area contributed by atoms with Crippen molar-refractivity contribution >= 4 is 11.3 Å². The van der Waals surface area contributed by atoms with E-state index in [0.29, 0.717) is 5.92 Å². The highest BCUT2D eigenvalue weighted by molar-refractivity contribution is 7.09. The van der Waals surface area contributed by atoms with Gasteiger partial charge in [-0.3, -0.25) is 9.58 Å². The van der Waals surface area contributed by atoms with Crippen molar-refractivity contribution in [1.82, 2.24) is 14.7 Å². The van der Waals surface area contributed by atoms with Gasteiger partial charge in [-0.1, -0.05) is 6.07 Å². The van der Waals surface area contributed by atoms with Crippen molar-refractivity contribution in [2.75, 3.05) is 20.3 Å². The van der Waals surface area contributed by atoms with Gasteiger partial charge in [-0.05, 0) is 11.4 Å². The number of hydrogen-bond acceptors (Lipinski definition) is 4. The lowest BCUT2D eigenvalue weighted by Crippen LogP contribution is -2.34. The predicted molar refractivity (Wildman–Crippen MR) is 76.3 cm³/mol. The van der Waals surface area contributed by atoms with E-state index in [0.717, 1.165) is 26.2 Å². The number of rotatable bonds is 4. The maximum Gasteiger partial charge on any atom is 0.0736 e. The zero-order valence-corrected chi connectivity index (χ0v) is 12.2. The summed E-state index contributed by atoms with van der Waals surface area (Å²) in [4.78, 5) is 3.91. The van der Waals surface area contributed by atoms with Gasteiger partial charge in [0.2, 0.25) is 0 Å². The fourth-order valence-electron chi connectivity index (χ4n) is 2.80. The maximum atomic E-state index is 5.36. The minimum Gasteiger partial charge on any atom is -0.384 e. The predicted octanol–water partition coefficient (Wildman–Crippen LogP) is 2.23. The molecule has 2 aromatic rings. The second kappa shape index (κ2) is 5.45. The molecule has 0 radical (unpaired) electrons. The first-order valence-electron chi connectivity index (χ1n) is 6.52. The molecule has 0 fully saturated rings. The third kappa shape index (κ3) is 2.73. The van der Waals surface area contributed by atoms with Crippen LogP contribution < -0.4 is 0 Å². The fourth-order valence-corrected chi connectivity index (χ4v) is 3.55. The molecule has 1 aliphatic rings. The van der Waals surface area contributed by atoms with Crippen LogP contribution in [0.5, 0.6) is 0 Å². The van der Waals surface area contributed by atoms with E-state index in [-0.39, 0.29) is 0 Å². The third-order valence-corrected chi connectivity index (χ3v) is 4.38. The van der Waals surface area contributed by atoms with Crippen molar-refractivity contribution in [1.29, 1.82) is 0 Å². The van der Waals surface area contributed by atoms with Crippen molar-refractivity contribution in [2.45, 2.75) is 19.0 Å². The van der Waals surface area contributed by atoms with Crippen molar-refractivity contribution in [2.24, 2.45) is 7.05 Å². The summed E-state index contributed by atoms with van der Waals surface area (Å²) < 4.78 is 7.28. The van der Waals surface area contributed by atoms with Crippen LogP contribution in [0.25, 0.3) is 0 Å². The number of aromatic nitrogens is 2. The van der Waals surface area contributed by atoms with Gasteiger partial charge in [0.05, 0.1) is 12.3 Å². The highest BCUT2D eigenvalue weighted by Gasteiger charge is 2.28. The normalized spacial score (nSPS) is 19.6. The first-order chi connectivity index (χ1) is 9.26. The van der Waals surface area contributed by atoms with Gasteiger partial charge in [0.15, 0.2) is 0 Å². The van der Waals surface area contributed by atoms with E-state index in [1.54, 1.807) is 7.11 Å². The zero-order chi connectivity index (χ0) is 13.2. The number of aryl methyl sites for hydroxylation is 1. The topological polar surface area (TPSA) is 30.3 Å². The SMILES string of the molecule is COC[C@H]1CN(Cc2cccs2)Cc2cn(C)nc21. The Morgan fingerprint density at radius 1 is 1.53 bits per heavy atom. The summed E-state index contributed by atoms with van der Waals surface area (Å²) >= 11 is 1.82. The van der Waals surface area contributed by atoms with Gasteiger partial charge in [0, 0.05) is 56.3 Å². The van der Waals surface area contributed by atoms with Crippen LogP contribution in [0.1, 0.15) is 22.1 Å². The van der Waals surface area contributed by atoms with Crippen molar-refractivity contribution in [3.63, 3.8) is 0 Å². The van der Waals surface area contributed by atoms with Crippen molar-refractivity contribution in [3.8, 4) is 0 Å². The molecule has 0 aliphatic carbocycles. The summed E-state index contributed by atoms with van der Waals surface area (Å²) in [5, 5.41) is 6.74. The standard InChI is InChI=1S/C14H19N3OS/c1-16-6-11-7-17(9-13-4-3-5-19-13)8-12(10-18-2)14(11)15-16/h3-6,12H,7-10H2,1-2H3/t12-/m1/s1. The quantitative estimate of drug-likeness (QED) is 0.858. The number of hydrogen-bond donors (Lipinski definition) is 0. The highest BCUT2D eigenvalue weighted by atomic mass is 32.1. The molecule has 0 bridgehead atoms. The van der Waals surface area contributed by atoms with Crippen LogP contribution in [0.2, 0.25) is 0 Å². The number of fused-ring (bicyclic) bond motifs is 1. The molecule has 3 heterocycles. The summed E-state index contributed by atoms with van der Waals surface area (Å²) in [7, 11) is 3.76. The molecule has 1 aliphatic heterocycles. The average molecular weight is 277 g/mol. The Morgan fingerprint density at radius 2 is 2.42 bits per heavy atom. The van der Waals surface area contributed by atoms with Crippen molar-refractivity contribution in [3.05, 3.63) is 39.8 Å². The van der Waals surface area contributed by atoms with Gasteiger partial charge < -0.3 is 4.74 Å². The van der Waals surface area contributed by atoms with Gasteiger partial charge in [0.1, 0.15) is 0 Å². The minimum atomic E-state index is 0.384. The van der Waals surface area contributed by atoms with Crippen LogP contribution in [-0.2, 0) is 24.9 Å². The van der Waals surface area contributed by atoms with Crippen LogP contribution in [-0.4, -0.2) is 34.9 Å². The molecule has 0 aromatic carbocycles. The second-order valence-corrected chi connectivity index (χ2v) is 6.15. The van der Waals surface area contributed by atoms with E-state index >= 15 is 0 Å². The first-order valence-corrected chi connectivity index (χ1v) is 7.40. The Kier molecular flexibility index (Phi) is 3.68. The number of thiophene rings is 1. The van der Waals surface area contributed by atoms with Crippen LogP contribution >= 0.6 is 11.3 Å². The molecule has 4 nitrogen and oxygen atoms in total. The Balaban J connectivity index is 1.79. The Bertz CT molecular complexity index is 535. The Hall–Kier alpha value is -1.17.